The van der Waals surface area contributed by atoms with E-state index in [1.54, 1.807) is 19.4 Å². The topological polar surface area (TPSA) is 79.2 Å². The van der Waals surface area contributed by atoms with Gasteiger partial charge in [0.2, 0.25) is 0 Å². The summed E-state index contributed by atoms with van der Waals surface area (Å²) in [5.41, 5.74) is 2.49. The molecule has 0 atom stereocenters. The molecule has 0 saturated heterocycles. The highest BCUT2D eigenvalue weighted by Crippen LogP contribution is 2.10. The van der Waals surface area contributed by atoms with Crippen molar-refractivity contribution in [2.24, 2.45) is 4.99 Å². The zero-order valence-electron chi connectivity index (χ0n) is 17.3. The maximum absolute atomic E-state index is 4.33. The minimum Gasteiger partial charge on any atom is -0.370 e. The van der Waals surface area contributed by atoms with Gasteiger partial charge in [-0.15, -0.1) is 24.0 Å². The second kappa shape index (κ2) is 13.6. The van der Waals surface area contributed by atoms with Gasteiger partial charge in [-0.1, -0.05) is 30.3 Å². The van der Waals surface area contributed by atoms with Crippen LogP contribution < -0.4 is 16.0 Å². The summed E-state index contributed by atoms with van der Waals surface area (Å²) in [6, 6.07) is 16.2. The Morgan fingerprint density at radius 3 is 2.47 bits per heavy atom. The van der Waals surface area contributed by atoms with Crippen LogP contribution >= 0.6 is 24.0 Å². The first-order chi connectivity index (χ1) is 14.3. The molecule has 30 heavy (non-hydrogen) atoms. The number of hydrogen-bond acceptors (Lipinski definition) is 4. The molecule has 0 amide bonds. The Morgan fingerprint density at radius 2 is 1.73 bits per heavy atom. The zero-order valence-corrected chi connectivity index (χ0v) is 19.6. The number of hydrogen-bond donors (Lipinski definition) is 3. The number of unbranched alkanes of at least 4 members (excludes halogenated alkanes) is 1. The van der Waals surface area contributed by atoms with Gasteiger partial charge in [-0.2, -0.15) is 5.10 Å². The lowest BCUT2D eigenvalue weighted by atomic mass is 10.1. The molecule has 0 aliphatic heterocycles. The SMILES string of the molecule is CN=C(NCCCCNc1ccccn1)NCc1ccccc1Cn1cccn1.I. The molecule has 3 aromatic rings. The van der Waals surface area contributed by atoms with Gasteiger partial charge < -0.3 is 16.0 Å². The summed E-state index contributed by atoms with van der Waals surface area (Å²) in [6.45, 7) is 3.27. The van der Waals surface area contributed by atoms with E-state index < -0.39 is 0 Å². The van der Waals surface area contributed by atoms with Crippen molar-refractivity contribution in [2.45, 2.75) is 25.9 Å². The van der Waals surface area contributed by atoms with Crippen LogP contribution in [0.1, 0.15) is 24.0 Å². The predicted molar refractivity (Wildman–Crippen MR) is 133 cm³/mol. The smallest absolute Gasteiger partial charge is 0.191 e. The average Bonchev–Trinajstić information content (AvgIpc) is 3.27. The molecule has 0 bridgehead atoms. The van der Waals surface area contributed by atoms with Crippen LogP contribution in [-0.4, -0.2) is 40.9 Å². The second-order valence-corrected chi connectivity index (χ2v) is 6.67. The highest BCUT2D eigenvalue weighted by atomic mass is 127. The summed E-state index contributed by atoms with van der Waals surface area (Å²) in [5, 5.41) is 14.4. The lowest BCUT2D eigenvalue weighted by Crippen LogP contribution is -2.37. The van der Waals surface area contributed by atoms with E-state index in [0.717, 1.165) is 50.8 Å². The molecule has 160 valence electrons. The van der Waals surface area contributed by atoms with E-state index in [1.165, 1.54) is 11.1 Å². The predicted octanol–water partition coefficient (Wildman–Crippen LogP) is 3.50. The molecule has 8 heteroatoms. The lowest BCUT2D eigenvalue weighted by molar-refractivity contribution is 0.676. The summed E-state index contributed by atoms with van der Waals surface area (Å²) >= 11 is 0. The summed E-state index contributed by atoms with van der Waals surface area (Å²) in [4.78, 5) is 8.59. The van der Waals surface area contributed by atoms with Crippen molar-refractivity contribution in [3.05, 3.63) is 78.2 Å². The van der Waals surface area contributed by atoms with Crippen LogP contribution in [0.3, 0.4) is 0 Å². The van der Waals surface area contributed by atoms with E-state index in [2.05, 4.69) is 55.3 Å². The molecule has 0 aliphatic rings. The van der Waals surface area contributed by atoms with Crippen LogP contribution in [0.15, 0.2) is 72.1 Å². The minimum absolute atomic E-state index is 0. The highest BCUT2D eigenvalue weighted by Gasteiger charge is 2.04. The summed E-state index contributed by atoms with van der Waals surface area (Å²) in [7, 11) is 1.80. The van der Waals surface area contributed by atoms with Crippen LogP contribution in [0.5, 0.6) is 0 Å². The largest absolute Gasteiger partial charge is 0.370 e. The number of nitrogens with zero attached hydrogens (tertiary/aromatic N) is 4. The standard InChI is InChI=1S/C22H29N7.HI/c1-23-22(26-14-7-6-13-25-21-11-4-5-12-24-21)27-17-19-9-2-3-10-20(19)18-29-16-8-15-28-29;/h2-5,8-12,15-16H,6-7,13-14,17-18H2,1H3,(H,24,25)(H2,23,26,27);1H. The van der Waals surface area contributed by atoms with E-state index in [-0.39, 0.29) is 24.0 Å². The van der Waals surface area contributed by atoms with Crippen molar-refractivity contribution in [2.75, 3.05) is 25.5 Å². The van der Waals surface area contributed by atoms with Crippen molar-refractivity contribution in [3.63, 3.8) is 0 Å². The molecule has 1 aromatic carbocycles. The molecule has 0 unspecified atom stereocenters. The van der Waals surface area contributed by atoms with E-state index in [0.29, 0.717) is 0 Å². The Labute approximate surface area is 195 Å². The molecule has 0 fully saturated rings. The number of aromatic nitrogens is 3. The summed E-state index contributed by atoms with van der Waals surface area (Å²) < 4.78 is 1.94. The van der Waals surface area contributed by atoms with Crippen LogP contribution in [0.25, 0.3) is 0 Å². The monoisotopic (exact) mass is 519 g/mol. The first-order valence-corrected chi connectivity index (χ1v) is 9.99. The fourth-order valence-corrected chi connectivity index (χ4v) is 2.99. The average molecular weight is 519 g/mol. The quantitative estimate of drug-likeness (QED) is 0.166. The Kier molecular flexibility index (Phi) is 10.7. The zero-order chi connectivity index (χ0) is 20.2. The maximum Gasteiger partial charge on any atom is 0.191 e. The Bertz CT molecular complexity index is 866. The molecule has 0 saturated carbocycles. The molecule has 0 aliphatic carbocycles. The number of pyridine rings is 1. The van der Waals surface area contributed by atoms with Crippen molar-refractivity contribution in [1.29, 1.82) is 0 Å². The number of guanidine groups is 1. The summed E-state index contributed by atoms with van der Waals surface area (Å²) in [5.74, 6) is 1.74. The van der Waals surface area contributed by atoms with Gasteiger partial charge in [-0.05, 0) is 42.2 Å². The second-order valence-electron chi connectivity index (χ2n) is 6.67. The fourth-order valence-electron chi connectivity index (χ4n) is 2.99. The van der Waals surface area contributed by atoms with Gasteiger partial charge in [-0.25, -0.2) is 4.98 Å². The van der Waals surface area contributed by atoms with E-state index in [1.807, 2.05) is 35.1 Å². The van der Waals surface area contributed by atoms with Crippen LogP contribution in [0, 0.1) is 0 Å². The van der Waals surface area contributed by atoms with Crippen molar-refractivity contribution in [1.82, 2.24) is 25.4 Å². The van der Waals surface area contributed by atoms with Gasteiger partial charge in [-0.3, -0.25) is 9.67 Å². The van der Waals surface area contributed by atoms with E-state index >= 15 is 0 Å². The van der Waals surface area contributed by atoms with E-state index in [4.69, 9.17) is 0 Å². The maximum atomic E-state index is 4.33. The molecule has 0 radical (unpaired) electrons. The van der Waals surface area contributed by atoms with Crippen molar-refractivity contribution >= 4 is 35.8 Å². The minimum atomic E-state index is 0. The third kappa shape index (κ3) is 8.02. The Balaban J connectivity index is 0.00000320. The number of nitrogens with one attached hydrogen (secondary N) is 3. The van der Waals surface area contributed by atoms with Crippen molar-refractivity contribution in [3.8, 4) is 0 Å². The van der Waals surface area contributed by atoms with Gasteiger partial charge in [0.25, 0.3) is 0 Å². The number of aliphatic imine (C=N–C) groups is 1. The fraction of sp³-hybridized carbons (Fsp3) is 0.318. The van der Waals surface area contributed by atoms with Crippen LogP contribution in [0.2, 0.25) is 0 Å². The number of rotatable bonds is 10. The number of benzene rings is 1. The first kappa shape index (κ1) is 23.7. The molecule has 2 heterocycles. The number of halogens is 1. The molecule has 0 spiro atoms. The third-order valence-electron chi connectivity index (χ3n) is 4.55. The Hall–Kier alpha value is -2.62. The molecular weight excluding hydrogens is 489 g/mol. The van der Waals surface area contributed by atoms with Gasteiger partial charge in [0.1, 0.15) is 5.82 Å². The van der Waals surface area contributed by atoms with Gasteiger partial charge in [0, 0.05) is 45.3 Å². The number of anilines is 1. The molecule has 2 aromatic heterocycles. The third-order valence-corrected chi connectivity index (χ3v) is 4.55. The van der Waals surface area contributed by atoms with Gasteiger partial charge >= 0.3 is 0 Å². The van der Waals surface area contributed by atoms with Crippen molar-refractivity contribution < 1.29 is 0 Å². The molecule has 3 N–H and O–H groups in total. The molecule has 3 rings (SSSR count). The van der Waals surface area contributed by atoms with Crippen LogP contribution in [-0.2, 0) is 13.1 Å². The molecule has 7 nitrogen and oxygen atoms in total. The normalized spacial score (nSPS) is 10.9. The van der Waals surface area contributed by atoms with Gasteiger partial charge in [0.15, 0.2) is 5.96 Å². The first-order valence-electron chi connectivity index (χ1n) is 9.99. The van der Waals surface area contributed by atoms with Crippen LogP contribution in [0.4, 0.5) is 5.82 Å². The summed E-state index contributed by atoms with van der Waals surface area (Å²) in [6.07, 6.45) is 7.70. The van der Waals surface area contributed by atoms with E-state index in [9.17, 15) is 0 Å². The highest BCUT2D eigenvalue weighted by molar-refractivity contribution is 14.0. The van der Waals surface area contributed by atoms with Gasteiger partial charge in [0.05, 0.1) is 6.54 Å². The molecular formula is C22H30IN7. The Morgan fingerprint density at radius 1 is 0.933 bits per heavy atom. The lowest BCUT2D eigenvalue weighted by Gasteiger charge is -2.14.